The molecule has 3 N–H and O–H groups in total. The van der Waals surface area contributed by atoms with Gasteiger partial charge in [-0.25, -0.2) is 15.0 Å². The lowest BCUT2D eigenvalue weighted by Gasteiger charge is -2.05. The second-order valence-electron chi connectivity index (χ2n) is 6.67. The van der Waals surface area contributed by atoms with Crippen LogP contribution in [-0.2, 0) is 6.42 Å². The molecular formula is C21H18N8O2. The molecule has 0 spiro atoms. The molecule has 4 rings (SSSR count). The second-order valence-corrected chi connectivity index (χ2v) is 6.67. The van der Waals surface area contributed by atoms with Crippen LogP contribution in [0.1, 0.15) is 45.7 Å². The highest BCUT2D eigenvalue weighted by Gasteiger charge is 2.12. The molecule has 0 aromatic carbocycles. The fraction of sp³-hybridized carbons (Fsp3) is 0.190. The molecule has 0 saturated carbocycles. The number of rotatable bonds is 3. The summed E-state index contributed by atoms with van der Waals surface area (Å²) in [7, 11) is 0. The lowest BCUT2D eigenvalue weighted by molar-refractivity contribution is 0.102. The Morgan fingerprint density at radius 1 is 1.13 bits per heavy atom. The number of hydrogen-bond donors (Lipinski definition) is 2. The minimum Gasteiger partial charge on any atom is -0.408 e. The Kier molecular flexibility index (Phi) is 5.24. The maximum absolute atomic E-state index is 12.5. The van der Waals surface area contributed by atoms with E-state index in [-0.39, 0.29) is 11.8 Å². The Labute approximate surface area is 177 Å². The van der Waals surface area contributed by atoms with Crippen molar-refractivity contribution in [1.29, 1.82) is 0 Å². The number of anilines is 2. The van der Waals surface area contributed by atoms with Gasteiger partial charge in [-0.1, -0.05) is 23.9 Å². The van der Waals surface area contributed by atoms with E-state index < -0.39 is 5.91 Å². The number of nitrogens with two attached hydrogens (primary N) is 1. The number of aromatic nitrogens is 6. The van der Waals surface area contributed by atoms with Crippen LogP contribution in [0.4, 0.5) is 11.8 Å². The lowest BCUT2D eigenvalue weighted by atomic mass is 10.1. The summed E-state index contributed by atoms with van der Waals surface area (Å²) in [5.41, 5.74) is 10.1. The first-order valence-electron chi connectivity index (χ1n) is 9.44. The second kappa shape index (κ2) is 8.16. The van der Waals surface area contributed by atoms with Crippen LogP contribution in [0.2, 0.25) is 0 Å². The molecule has 0 fully saturated rings. The van der Waals surface area contributed by atoms with E-state index in [2.05, 4.69) is 47.3 Å². The summed E-state index contributed by atoms with van der Waals surface area (Å²) in [4.78, 5) is 29.8. The zero-order valence-corrected chi connectivity index (χ0v) is 17.1. The molecular weight excluding hydrogens is 396 g/mol. The summed E-state index contributed by atoms with van der Waals surface area (Å²) in [6.07, 6.45) is 5.11. The third-order valence-corrected chi connectivity index (χ3v) is 4.47. The quantitative estimate of drug-likeness (QED) is 0.482. The Morgan fingerprint density at radius 3 is 2.71 bits per heavy atom. The summed E-state index contributed by atoms with van der Waals surface area (Å²) in [6.45, 7) is 5.62. The molecule has 10 heteroatoms. The standard InChI is InChI=1S/C21H18N8O2/c1-4-17-28-29-21(31-17)27-20(30)14-7-13(8-23-9-14)5-6-15-18-16(10-24-19(15)22)25-11(2)12(3)26-18/h7-10H,4H2,1-3H3,(H2,22,24)(H,27,29,30). The van der Waals surface area contributed by atoms with Crippen LogP contribution < -0.4 is 11.1 Å². The van der Waals surface area contributed by atoms with Crippen LogP contribution >= 0.6 is 0 Å². The molecule has 1 amide bonds. The van der Waals surface area contributed by atoms with Crippen molar-refractivity contribution >= 4 is 28.8 Å². The number of nitrogens with one attached hydrogen (secondary N) is 1. The Hall–Kier alpha value is -4.39. The number of carbonyl (C=O) groups is 1. The summed E-state index contributed by atoms with van der Waals surface area (Å²) in [5.74, 6) is 6.21. The van der Waals surface area contributed by atoms with Crippen LogP contribution in [0, 0.1) is 25.7 Å². The minimum absolute atomic E-state index is 0.0252. The van der Waals surface area contributed by atoms with Crippen LogP contribution in [0.3, 0.4) is 0 Å². The third kappa shape index (κ3) is 4.16. The van der Waals surface area contributed by atoms with Crippen molar-refractivity contribution in [3.05, 3.63) is 58.6 Å². The number of pyridine rings is 2. The Morgan fingerprint density at radius 2 is 1.94 bits per heavy atom. The van der Waals surface area contributed by atoms with Crippen molar-refractivity contribution in [1.82, 2.24) is 30.1 Å². The Balaban J connectivity index is 1.64. The summed E-state index contributed by atoms with van der Waals surface area (Å²) >= 11 is 0. The third-order valence-electron chi connectivity index (χ3n) is 4.47. The summed E-state index contributed by atoms with van der Waals surface area (Å²) in [5, 5.41) is 10.1. The van der Waals surface area contributed by atoms with Gasteiger partial charge in [0.05, 0.1) is 28.7 Å². The molecule has 0 aliphatic rings. The van der Waals surface area contributed by atoms with Crippen LogP contribution in [-0.4, -0.2) is 36.0 Å². The normalized spacial score (nSPS) is 10.5. The van der Waals surface area contributed by atoms with Crippen molar-refractivity contribution in [2.75, 3.05) is 11.1 Å². The smallest absolute Gasteiger partial charge is 0.322 e. The Bertz CT molecular complexity index is 1370. The zero-order valence-electron chi connectivity index (χ0n) is 17.1. The number of carbonyl (C=O) groups excluding carboxylic acids is 1. The predicted octanol–water partition coefficient (Wildman–Crippen LogP) is 2.22. The van der Waals surface area contributed by atoms with Gasteiger partial charge in [0.25, 0.3) is 5.91 Å². The number of aryl methyl sites for hydroxylation is 3. The fourth-order valence-corrected chi connectivity index (χ4v) is 2.72. The highest BCUT2D eigenvalue weighted by atomic mass is 16.4. The molecule has 31 heavy (non-hydrogen) atoms. The monoisotopic (exact) mass is 414 g/mol. The predicted molar refractivity (Wildman–Crippen MR) is 113 cm³/mol. The van der Waals surface area contributed by atoms with Gasteiger partial charge in [-0.05, 0) is 19.9 Å². The topological polar surface area (TPSA) is 146 Å². The van der Waals surface area contributed by atoms with Crippen molar-refractivity contribution in [3.63, 3.8) is 0 Å². The average Bonchev–Trinajstić information content (AvgIpc) is 3.22. The van der Waals surface area contributed by atoms with E-state index in [0.717, 1.165) is 11.4 Å². The highest BCUT2D eigenvalue weighted by Crippen LogP contribution is 2.20. The molecule has 0 atom stereocenters. The van der Waals surface area contributed by atoms with E-state index in [0.29, 0.717) is 40.0 Å². The van der Waals surface area contributed by atoms with Gasteiger partial charge < -0.3 is 10.2 Å². The molecule has 10 nitrogen and oxygen atoms in total. The summed E-state index contributed by atoms with van der Waals surface area (Å²) < 4.78 is 5.30. The molecule has 4 heterocycles. The lowest BCUT2D eigenvalue weighted by Crippen LogP contribution is -2.12. The summed E-state index contributed by atoms with van der Waals surface area (Å²) in [6, 6.07) is 1.62. The first-order chi connectivity index (χ1) is 14.9. The van der Waals surface area contributed by atoms with Gasteiger partial charge >= 0.3 is 6.01 Å². The van der Waals surface area contributed by atoms with E-state index >= 15 is 0 Å². The van der Waals surface area contributed by atoms with Crippen molar-refractivity contribution < 1.29 is 9.21 Å². The van der Waals surface area contributed by atoms with Gasteiger partial charge in [-0.2, -0.15) is 0 Å². The minimum atomic E-state index is -0.439. The number of nitrogen functional groups attached to an aromatic ring is 1. The number of fused-ring (bicyclic) bond motifs is 1. The van der Waals surface area contributed by atoms with Gasteiger partial charge in [0, 0.05) is 24.4 Å². The number of nitrogens with zero attached hydrogens (tertiary/aromatic N) is 6. The van der Waals surface area contributed by atoms with E-state index in [1.165, 1.54) is 6.20 Å². The zero-order chi connectivity index (χ0) is 22.0. The van der Waals surface area contributed by atoms with Crippen molar-refractivity contribution in [2.24, 2.45) is 0 Å². The molecule has 0 saturated heterocycles. The van der Waals surface area contributed by atoms with Crippen LogP contribution in [0.5, 0.6) is 0 Å². The van der Waals surface area contributed by atoms with Crippen LogP contribution in [0.25, 0.3) is 11.0 Å². The fourth-order valence-electron chi connectivity index (χ4n) is 2.72. The molecule has 154 valence electrons. The molecule has 0 radical (unpaired) electrons. The van der Waals surface area contributed by atoms with Gasteiger partial charge in [0.1, 0.15) is 16.9 Å². The molecule has 4 aromatic heterocycles. The number of amides is 1. The molecule has 0 unspecified atom stereocenters. The molecule has 4 aromatic rings. The van der Waals surface area contributed by atoms with Crippen molar-refractivity contribution in [2.45, 2.75) is 27.2 Å². The molecule has 0 aliphatic heterocycles. The average molecular weight is 414 g/mol. The maximum Gasteiger partial charge on any atom is 0.322 e. The van der Waals surface area contributed by atoms with E-state index in [1.807, 2.05) is 20.8 Å². The van der Waals surface area contributed by atoms with Crippen LogP contribution in [0.15, 0.2) is 29.1 Å². The van der Waals surface area contributed by atoms with E-state index in [4.69, 9.17) is 10.2 Å². The maximum atomic E-state index is 12.5. The molecule has 0 bridgehead atoms. The van der Waals surface area contributed by atoms with E-state index in [1.54, 1.807) is 18.5 Å². The van der Waals surface area contributed by atoms with E-state index in [9.17, 15) is 4.79 Å². The van der Waals surface area contributed by atoms with Crippen molar-refractivity contribution in [3.8, 4) is 11.8 Å². The van der Waals surface area contributed by atoms with Gasteiger partial charge in [0.15, 0.2) is 0 Å². The highest BCUT2D eigenvalue weighted by molar-refractivity contribution is 6.03. The largest absolute Gasteiger partial charge is 0.408 e. The van der Waals surface area contributed by atoms with Gasteiger partial charge in [-0.15, -0.1) is 5.10 Å². The number of hydrogen-bond acceptors (Lipinski definition) is 9. The molecule has 0 aliphatic carbocycles. The van der Waals surface area contributed by atoms with Gasteiger partial charge in [0.2, 0.25) is 5.89 Å². The first kappa shape index (κ1) is 19.9. The SMILES string of the molecule is CCc1nnc(NC(=O)c2cncc(C#Cc3c(N)ncc4nc(C)c(C)nc34)c2)o1. The van der Waals surface area contributed by atoms with Gasteiger partial charge in [-0.3, -0.25) is 15.1 Å². The first-order valence-corrected chi connectivity index (χ1v) is 9.44.